The van der Waals surface area contributed by atoms with E-state index in [-0.39, 0.29) is 16.3 Å². The van der Waals surface area contributed by atoms with Crippen molar-refractivity contribution in [1.82, 2.24) is 5.32 Å². The maximum atomic E-state index is 12.8. The molecule has 0 aliphatic carbocycles. The van der Waals surface area contributed by atoms with E-state index in [9.17, 15) is 14.4 Å². The Hall–Kier alpha value is -2.83. The third kappa shape index (κ3) is 3.82. The lowest BCUT2D eigenvalue weighted by Crippen LogP contribution is -2.54. The fraction of sp³-hybridized carbons (Fsp3) is 0.105. The third-order valence-corrected chi connectivity index (χ3v) is 4.38. The molecule has 1 fully saturated rings. The summed E-state index contributed by atoms with van der Waals surface area (Å²) < 4.78 is 5.36. The van der Waals surface area contributed by atoms with Crippen molar-refractivity contribution in [2.45, 2.75) is 6.92 Å². The van der Waals surface area contributed by atoms with Gasteiger partial charge in [-0.1, -0.05) is 41.4 Å². The number of halogens is 2. The first kappa shape index (κ1) is 18.9. The maximum Gasteiger partial charge on any atom is 0.335 e. The average molecular weight is 405 g/mol. The second-order valence-corrected chi connectivity index (χ2v) is 6.35. The predicted octanol–water partition coefficient (Wildman–Crippen LogP) is 4.06. The van der Waals surface area contributed by atoms with Gasteiger partial charge in [0.15, 0.2) is 0 Å². The van der Waals surface area contributed by atoms with Crippen LogP contribution in [-0.2, 0) is 9.59 Å². The SMILES string of the molecule is CCOc1ccc(/C=C2\C(=O)NC(=O)N(c3ccccc3Cl)C2=O)cc1Cl. The van der Waals surface area contributed by atoms with Gasteiger partial charge in [0.25, 0.3) is 11.8 Å². The van der Waals surface area contributed by atoms with Crippen LogP contribution in [0, 0.1) is 0 Å². The highest BCUT2D eigenvalue weighted by Crippen LogP contribution is 2.30. The minimum atomic E-state index is -0.861. The minimum absolute atomic E-state index is 0.185. The molecule has 3 rings (SSSR count). The first-order valence-electron chi connectivity index (χ1n) is 8.00. The molecule has 4 amide bonds. The number of carbonyl (C=O) groups is 3. The number of nitrogens with one attached hydrogen (secondary N) is 1. The number of para-hydroxylation sites is 1. The Morgan fingerprint density at radius 1 is 1.07 bits per heavy atom. The van der Waals surface area contributed by atoms with Gasteiger partial charge >= 0.3 is 6.03 Å². The van der Waals surface area contributed by atoms with Gasteiger partial charge in [0.2, 0.25) is 0 Å². The second-order valence-electron chi connectivity index (χ2n) is 5.53. The highest BCUT2D eigenvalue weighted by molar-refractivity contribution is 6.42. The van der Waals surface area contributed by atoms with E-state index >= 15 is 0 Å². The van der Waals surface area contributed by atoms with E-state index in [1.165, 1.54) is 12.1 Å². The molecule has 1 aliphatic rings. The highest BCUT2D eigenvalue weighted by atomic mass is 35.5. The fourth-order valence-corrected chi connectivity index (χ4v) is 3.02. The third-order valence-electron chi connectivity index (χ3n) is 3.76. The first-order chi connectivity index (χ1) is 12.9. The first-order valence-corrected chi connectivity index (χ1v) is 8.76. The summed E-state index contributed by atoms with van der Waals surface area (Å²) in [5.41, 5.74) is 0.481. The summed E-state index contributed by atoms with van der Waals surface area (Å²) in [5.74, 6) is -1.08. The minimum Gasteiger partial charge on any atom is -0.492 e. The van der Waals surface area contributed by atoms with Gasteiger partial charge in [-0.2, -0.15) is 0 Å². The van der Waals surface area contributed by atoms with E-state index in [0.29, 0.717) is 22.9 Å². The van der Waals surface area contributed by atoms with Gasteiger partial charge in [0.05, 0.1) is 22.3 Å². The lowest BCUT2D eigenvalue weighted by molar-refractivity contribution is -0.122. The van der Waals surface area contributed by atoms with Crippen molar-refractivity contribution in [2.75, 3.05) is 11.5 Å². The lowest BCUT2D eigenvalue weighted by atomic mass is 10.1. The summed E-state index contributed by atoms with van der Waals surface area (Å²) >= 11 is 12.2. The maximum absolute atomic E-state index is 12.8. The molecule has 0 unspecified atom stereocenters. The molecule has 0 aromatic heterocycles. The van der Waals surface area contributed by atoms with Crippen LogP contribution in [0.4, 0.5) is 10.5 Å². The number of benzene rings is 2. The van der Waals surface area contributed by atoms with Crippen molar-refractivity contribution < 1.29 is 19.1 Å². The van der Waals surface area contributed by atoms with Crippen LogP contribution in [0.1, 0.15) is 12.5 Å². The number of barbiturate groups is 1. The van der Waals surface area contributed by atoms with E-state index in [0.717, 1.165) is 4.90 Å². The predicted molar refractivity (Wildman–Crippen MR) is 103 cm³/mol. The average Bonchev–Trinajstić information content (AvgIpc) is 2.62. The van der Waals surface area contributed by atoms with Gasteiger partial charge in [-0.05, 0) is 42.8 Å². The molecule has 1 N–H and O–H groups in total. The van der Waals surface area contributed by atoms with Crippen LogP contribution in [0.25, 0.3) is 6.08 Å². The molecular formula is C19H14Cl2N2O4. The zero-order chi connectivity index (χ0) is 19.6. The monoisotopic (exact) mass is 404 g/mol. The molecule has 6 nitrogen and oxygen atoms in total. The number of nitrogens with zero attached hydrogens (tertiary/aromatic N) is 1. The molecule has 0 saturated carbocycles. The molecule has 2 aromatic rings. The number of ether oxygens (including phenoxy) is 1. The number of amides is 4. The van der Waals surface area contributed by atoms with Crippen molar-refractivity contribution in [2.24, 2.45) is 0 Å². The Morgan fingerprint density at radius 3 is 2.48 bits per heavy atom. The molecule has 0 radical (unpaired) electrons. The molecule has 138 valence electrons. The zero-order valence-electron chi connectivity index (χ0n) is 14.2. The van der Waals surface area contributed by atoms with Crippen LogP contribution < -0.4 is 15.0 Å². The summed E-state index contributed by atoms with van der Waals surface area (Å²) in [7, 11) is 0. The number of imide groups is 2. The molecule has 0 atom stereocenters. The normalized spacial score (nSPS) is 15.9. The quantitative estimate of drug-likeness (QED) is 0.615. The Morgan fingerprint density at radius 2 is 1.81 bits per heavy atom. The molecular weight excluding hydrogens is 391 g/mol. The van der Waals surface area contributed by atoms with Gasteiger partial charge in [-0.15, -0.1) is 0 Å². The summed E-state index contributed by atoms with van der Waals surface area (Å²) in [4.78, 5) is 38.0. The number of rotatable bonds is 4. The Bertz CT molecular complexity index is 972. The Balaban J connectivity index is 2.00. The molecule has 27 heavy (non-hydrogen) atoms. The lowest BCUT2D eigenvalue weighted by Gasteiger charge is -2.27. The van der Waals surface area contributed by atoms with E-state index in [1.807, 2.05) is 6.92 Å². The summed E-state index contributed by atoms with van der Waals surface area (Å²) in [5, 5.41) is 2.69. The van der Waals surface area contributed by atoms with Crippen molar-refractivity contribution >= 4 is 52.8 Å². The van der Waals surface area contributed by atoms with Crippen LogP contribution in [-0.4, -0.2) is 24.5 Å². The molecule has 0 bridgehead atoms. The Kier molecular flexibility index (Phi) is 5.48. The van der Waals surface area contributed by atoms with Gasteiger partial charge in [-0.25, -0.2) is 9.69 Å². The fourth-order valence-electron chi connectivity index (χ4n) is 2.56. The van der Waals surface area contributed by atoms with E-state index in [2.05, 4.69) is 5.32 Å². The molecule has 0 spiro atoms. The van der Waals surface area contributed by atoms with E-state index < -0.39 is 17.8 Å². The smallest absolute Gasteiger partial charge is 0.335 e. The molecule has 1 aliphatic heterocycles. The summed E-state index contributed by atoms with van der Waals surface area (Å²) in [6.45, 7) is 2.29. The number of hydrogen-bond acceptors (Lipinski definition) is 4. The second kappa shape index (κ2) is 7.82. The Labute approximate surface area is 165 Å². The highest BCUT2D eigenvalue weighted by Gasteiger charge is 2.37. The van der Waals surface area contributed by atoms with Gasteiger partial charge in [-0.3, -0.25) is 14.9 Å². The molecule has 8 heteroatoms. The van der Waals surface area contributed by atoms with Crippen LogP contribution in [0.15, 0.2) is 48.0 Å². The largest absolute Gasteiger partial charge is 0.492 e. The van der Waals surface area contributed by atoms with Crippen molar-refractivity contribution in [1.29, 1.82) is 0 Å². The van der Waals surface area contributed by atoms with Crippen molar-refractivity contribution in [3.8, 4) is 5.75 Å². The summed E-state index contributed by atoms with van der Waals surface area (Å²) in [6, 6.07) is 10.4. The number of urea groups is 1. The number of anilines is 1. The number of carbonyl (C=O) groups excluding carboxylic acids is 3. The summed E-state index contributed by atoms with van der Waals surface area (Å²) in [6.07, 6.45) is 1.36. The number of hydrogen-bond donors (Lipinski definition) is 1. The van der Waals surface area contributed by atoms with Crippen LogP contribution >= 0.6 is 23.2 Å². The van der Waals surface area contributed by atoms with Gasteiger partial charge < -0.3 is 4.74 Å². The van der Waals surface area contributed by atoms with Gasteiger partial charge in [0.1, 0.15) is 11.3 Å². The standard InChI is InChI=1S/C19H14Cl2N2O4/c1-2-27-16-8-7-11(10-14(16)21)9-12-17(24)22-19(26)23(18(12)25)15-6-4-3-5-13(15)20/h3-10H,2H2,1H3,(H,22,24,26)/b12-9+. The van der Waals surface area contributed by atoms with E-state index in [4.69, 9.17) is 27.9 Å². The zero-order valence-corrected chi connectivity index (χ0v) is 15.7. The molecule has 1 heterocycles. The van der Waals surface area contributed by atoms with Crippen molar-refractivity contribution in [3.05, 3.63) is 63.6 Å². The topological polar surface area (TPSA) is 75.7 Å². The van der Waals surface area contributed by atoms with Crippen LogP contribution in [0.2, 0.25) is 10.0 Å². The molecule has 2 aromatic carbocycles. The van der Waals surface area contributed by atoms with E-state index in [1.54, 1.807) is 36.4 Å². The van der Waals surface area contributed by atoms with Crippen LogP contribution in [0.3, 0.4) is 0 Å². The molecule has 1 saturated heterocycles. The van der Waals surface area contributed by atoms with Gasteiger partial charge in [0, 0.05) is 0 Å². The van der Waals surface area contributed by atoms with Crippen molar-refractivity contribution in [3.63, 3.8) is 0 Å². The van der Waals surface area contributed by atoms with Crippen LogP contribution in [0.5, 0.6) is 5.75 Å².